The van der Waals surface area contributed by atoms with Gasteiger partial charge in [-0.05, 0) is 69.2 Å². The Kier molecular flexibility index (Phi) is 10.1. The van der Waals surface area contributed by atoms with Gasteiger partial charge in [0, 0.05) is 17.6 Å². The van der Waals surface area contributed by atoms with Crippen molar-refractivity contribution < 1.29 is 18.0 Å². The molecule has 0 aliphatic rings. The van der Waals surface area contributed by atoms with Crippen LogP contribution in [0.1, 0.15) is 37.0 Å². The van der Waals surface area contributed by atoms with Gasteiger partial charge in [-0.2, -0.15) is 0 Å². The normalized spacial score (nSPS) is 12.0. The number of sulfonamides is 1. The Morgan fingerprint density at radius 2 is 1.45 bits per heavy atom. The van der Waals surface area contributed by atoms with Crippen molar-refractivity contribution in [2.45, 2.75) is 51.6 Å². The molecule has 0 saturated heterocycles. The summed E-state index contributed by atoms with van der Waals surface area (Å²) in [6.45, 7) is 7.65. The molecule has 2 amide bonds. The quantitative estimate of drug-likeness (QED) is 0.328. The molecule has 3 rings (SSSR count). The number of carbonyl (C=O) groups is 2. The highest BCUT2D eigenvalue weighted by atomic mass is 79.9. The minimum Gasteiger partial charge on any atom is -0.354 e. The maximum atomic E-state index is 13.8. The van der Waals surface area contributed by atoms with E-state index in [1.165, 1.54) is 17.0 Å². The number of nitrogens with zero attached hydrogens (tertiary/aromatic N) is 2. The van der Waals surface area contributed by atoms with Gasteiger partial charge in [-0.15, -0.1) is 0 Å². The fraction of sp³-hybridized carbons (Fsp3) is 0.310. The van der Waals surface area contributed by atoms with Crippen molar-refractivity contribution >= 4 is 43.5 Å². The van der Waals surface area contributed by atoms with Gasteiger partial charge in [0.05, 0.1) is 10.6 Å². The van der Waals surface area contributed by atoms with Crippen molar-refractivity contribution in [3.8, 4) is 0 Å². The number of carbonyl (C=O) groups excluding carboxylic acids is 2. The molecule has 1 N–H and O–H groups in total. The minimum absolute atomic E-state index is 0.0811. The standard InChI is InChI=1S/C29H34BrN3O4S/c1-5-18-31-29(35)23(4)32(19-24-10-6-21(2)7-11-24)28(34)20-33(26-14-12-25(30)13-15-26)38(36,37)27-16-8-22(3)9-17-27/h6-17,23H,5,18-20H2,1-4H3,(H,31,35)/t23-/m0/s1. The first kappa shape index (κ1) is 29.4. The van der Waals surface area contributed by atoms with Gasteiger partial charge in [-0.25, -0.2) is 8.42 Å². The largest absolute Gasteiger partial charge is 0.354 e. The molecule has 9 heteroatoms. The van der Waals surface area contributed by atoms with Gasteiger partial charge in [0.1, 0.15) is 12.6 Å². The first-order valence-corrected chi connectivity index (χ1v) is 14.7. The van der Waals surface area contributed by atoms with Crippen LogP contribution in [0.4, 0.5) is 5.69 Å². The zero-order valence-corrected chi connectivity index (χ0v) is 24.6. The molecule has 0 saturated carbocycles. The molecule has 0 aliphatic heterocycles. The molecule has 3 aromatic carbocycles. The smallest absolute Gasteiger partial charge is 0.264 e. The predicted molar refractivity (Wildman–Crippen MR) is 154 cm³/mol. The van der Waals surface area contributed by atoms with Crippen LogP contribution < -0.4 is 9.62 Å². The van der Waals surface area contributed by atoms with E-state index in [1.807, 2.05) is 45.0 Å². The van der Waals surface area contributed by atoms with E-state index in [-0.39, 0.29) is 17.3 Å². The average Bonchev–Trinajstić information content (AvgIpc) is 2.90. The molecule has 0 unspecified atom stereocenters. The number of halogens is 1. The highest BCUT2D eigenvalue weighted by Crippen LogP contribution is 2.26. The van der Waals surface area contributed by atoms with Crippen LogP contribution in [-0.2, 0) is 26.2 Å². The second-order valence-electron chi connectivity index (χ2n) is 9.28. The number of hydrogen-bond donors (Lipinski definition) is 1. The van der Waals surface area contributed by atoms with Crippen LogP contribution >= 0.6 is 15.9 Å². The lowest BCUT2D eigenvalue weighted by molar-refractivity contribution is -0.139. The van der Waals surface area contributed by atoms with Gasteiger partial charge in [0.25, 0.3) is 10.0 Å². The molecule has 3 aromatic rings. The Labute approximate surface area is 234 Å². The van der Waals surface area contributed by atoms with Gasteiger partial charge < -0.3 is 10.2 Å². The number of anilines is 1. The van der Waals surface area contributed by atoms with Crippen molar-refractivity contribution in [2.24, 2.45) is 0 Å². The summed E-state index contributed by atoms with van der Waals surface area (Å²) in [7, 11) is -4.08. The summed E-state index contributed by atoms with van der Waals surface area (Å²) in [4.78, 5) is 28.3. The van der Waals surface area contributed by atoms with E-state index >= 15 is 0 Å². The van der Waals surface area contributed by atoms with Crippen LogP contribution in [0.25, 0.3) is 0 Å². The third-order valence-corrected chi connectivity index (χ3v) is 8.51. The van der Waals surface area contributed by atoms with E-state index in [0.717, 1.165) is 31.9 Å². The zero-order valence-electron chi connectivity index (χ0n) is 22.1. The van der Waals surface area contributed by atoms with Crippen molar-refractivity contribution in [1.29, 1.82) is 0 Å². The van der Waals surface area contributed by atoms with E-state index in [0.29, 0.717) is 12.2 Å². The Morgan fingerprint density at radius 1 is 0.895 bits per heavy atom. The van der Waals surface area contributed by atoms with Gasteiger partial charge in [0.15, 0.2) is 0 Å². The molecule has 0 radical (unpaired) electrons. The summed E-state index contributed by atoms with van der Waals surface area (Å²) < 4.78 is 29.5. The molecule has 0 aromatic heterocycles. The number of benzene rings is 3. The second-order valence-corrected chi connectivity index (χ2v) is 12.1. The summed E-state index contributed by atoms with van der Waals surface area (Å²) in [5.41, 5.74) is 3.19. The maximum absolute atomic E-state index is 13.8. The average molecular weight is 601 g/mol. The van der Waals surface area contributed by atoms with Crippen LogP contribution in [0.3, 0.4) is 0 Å². The molecule has 1 atom stereocenters. The summed E-state index contributed by atoms with van der Waals surface area (Å²) in [5, 5.41) is 2.85. The Balaban J connectivity index is 2.00. The van der Waals surface area contributed by atoms with Crippen LogP contribution in [-0.4, -0.2) is 44.3 Å². The molecule has 0 fully saturated rings. The van der Waals surface area contributed by atoms with Crippen LogP contribution in [0.15, 0.2) is 82.2 Å². The molecular weight excluding hydrogens is 566 g/mol. The maximum Gasteiger partial charge on any atom is 0.264 e. The fourth-order valence-corrected chi connectivity index (χ4v) is 5.52. The van der Waals surface area contributed by atoms with Crippen molar-refractivity contribution in [1.82, 2.24) is 10.2 Å². The fourth-order valence-electron chi connectivity index (χ4n) is 3.84. The van der Waals surface area contributed by atoms with Gasteiger partial charge >= 0.3 is 0 Å². The Hall–Kier alpha value is -3.17. The third kappa shape index (κ3) is 7.45. The number of aryl methyl sites for hydroxylation is 2. The summed E-state index contributed by atoms with van der Waals surface area (Å²) in [6.07, 6.45) is 0.760. The van der Waals surface area contributed by atoms with E-state index < -0.39 is 28.5 Å². The number of nitrogens with one attached hydrogen (secondary N) is 1. The molecule has 0 aliphatic carbocycles. The van der Waals surface area contributed by atoms with E-state index in [2.05, 4.69) is 21.2 Å². The molecule has 38 heavy (non-hydrogen) atoms. The molecule has 0 bridgehead atoms. The second kappa shape index (κ2) is 13.1. The monoisotopic (exact) mass is 599 g/mol. The lowest BCUT2D eigenvalue weighted by Gasteiger charge is -2.32. The molecular formula is C29H34BrN3O4S. The van der Waals surface area contributed by atoms with Gasteiger partial charge in [-0.1, -0.05) is 70.4 Å². The minimum atomic E-state index is -4.08. The van der Waals surface area contributed by atoms with Crippen molar-refractivity contribution in [2.75, 3.05) is 17.4 Å². The van der Waals surface area contributed by atoms with Gasteiger partial charge in [0.2, 0.25) is 11.8 Å². The van der Waals surface area contributed by atoms with E-state index in [4.69, 9.17) is 0 Å². The number of hydrogen-bond acceptors (Lipinski definition) is 4. The van der Waals surface area contributed by atoms with Crippen LogP contribution in [0, 0.1) is 13.8 Å². The lowest BCUT2D eigenvalue weighted by Crippen LogP contribution is -2.51. The van der Waals surface area contributed by atoms with E-state index in [1.54, 1.807) is 43.3 Å². The lowest BCUT2D eigenvalue weighted by atomic mass is 10.1. The summed E-state index contributed by atoms with van der Waals surface area (Å²) in [5.74, 6) is -0.771. The first-order chi connectivity index (χ1) is 18.0. The Bertz CT molecular complexity index is 1340. The van der Waals surface area contributed by atoms with Gasteiger partial charge in [-0.3, -0.25) is 13.9 Å². The number of rotatable bonds is 11. The topological polar surface area (TPSA) is 86.8 Å². The van der Waals surface area contributed by atoms with Crippen molar-refractivity contribution in [3.05, 3.63) is 94.0 Å². The highest BCUT2D eigenvalue weighted by molar-refractivity contribution is 9.10. The third-order valence-electron chi connectivity index (χ3n) is 6.19. The zero-order chi connectivity index (χ0) is 27.9. The highest BCUT2D eigenvalue weighted by Gasteiger charge is 2.32. The first-order valence-electron chi connectivity index (χ1n) is 12.5. The summed E-state index contributed by atoms with van der Waals surface area (Å²) >= 11 is 3.38. The molecule has 0 heterocycles. The molecule has 202 valence electrons. The number of amides is 2. The van der Waals surface area contributed by atoms with E-state index in [9.17, 15) is 18.0 Å². The van der Waals surface area contributed by atoms with Crippen LogP contribution in [0.5, 0.6) is 0 Å². The summed E-state index contributed by atoms with van der Waals surface area (Å²) in [6, 6.07) is 20.1. The predicted octanol–water partition coefficient (Wildman–Crippen LogP) is 5.20. The molecule has 7 nitrogen and oxygen atoms in total. The Morgan fingerprint density at radius 3 is 2.00 bits per heavy atom. The molecule has 0 spiro atoms. The SMILES string of the molecule is CCCNC(=O)[C@H](C)N(Cc1ccc(C)cc1)C(=O)CN(c1ccc(Br)cc1)S(=O)(=O)c1ccc(C)cc1. The van der Waals surface area contributed by atoms with Crippen LogP contribution in [0.2, 0.25) is 0 Å². The van der Waals surface area contributed by atoms with Crippen molar-refractivity contribution in [3.63, 3.8) is 0 Å².